The maximum atomic E-state index is 13.9. The van der Waals surface area contributed by atoms with Crippen LogP contribution in [-0.2, 0) is 13.0 Å². The van der Waals surface area contributed by atoms with Gasteiger partial charge in [-0.05, 0) is 19.1 Å². The standard InChI is InChI=1S/C17H16ClFN6O2/c1-3-14-20-7-8-24(14)16-15(25(26)27)10(2)22-17(23-16)21-9-11-12(18)5-4-6-13(11)19/h4-8H,3,9H2,1-2H3,(H,21,22,23). The highest BCUT2D eigenvalue weighted by Crippen LogP contribution is 2.27. The molecule has 3 rings (SSSR count). The number of imidazole rings is 1. The smallest absolute Gasteiger partial charge is 0.333 e. The maximum absolute atomic E-state index is 13.9. The summed E-state index contributed by atoms with van der Waals surface area (Å²) in [6.45, 7) is 3.44. The minimum atomic E-state index is -0.526. The molecular formula is C17H16ClFN6O2. The quantitative estimate of drug-likeness (QED) is 0.507. The molecule has 8 nitrogen and oxygen atoms in total. The van der Waals surface area contributed by atoms with Gasteiger partial charge in [0.2, 0.25) is 11.8 Å². The fourth-order valence-corrected chi connectivity index (χ4v) is 2.90. The van der Waals surface area contributed by atoms with Gasteiger partial charge in [0.1, 0.15) is 17.3 Å². The minimum Gasteiger partial charge on any atom is -0.350 e. The number of hydrogen-bond acceptors (Lipinski definition) is 6. The zero-order chi connectivity index (χ0) is 19.6. The van der Waals surface area contributed by atoms with Crippen LogP contribution >= 0.6 is 11.6 Å². The van der Waals surface area contributed by atoms with Crippen LogP contribution < -0.4 is 5.32 Å². The van der Waals surface area contributed by atoms with E-state index in [1.807, 2.05) is 6.92 Å². The van der Waals surface area contributed by atoms with Gasteiger partial charge in [-0.25, -0.2) is 14.4 Å². The van der Waals surface area contributed by atoms with Crippen molar-refractivity contribution in [3.05, 3.63) is 68.6 Å². The first kappa shape index (κ1) is 18.7. The summed E-state index contributed by atoms with van der Waals surface area (Å²) in [5, 5.41) is 14.7. The number of nitro groups is 1. The van der Waals surface area contributed by atoms with E-state index in [0.717, 1.165) is 0 Å². The Balaban J connectivity index is 2.02. The minimum absolute atomic E-state index is 0.0345. The number of halogens is 2. The largest absolute Gasteiger partial charge is 0.350 e. The second kappa shape index (κ2) is 7.67. The molecule has 2 heterocycles. The number of aryl methyl sites for hydroxylation is 2. The van der Waals surface area contributed by atoms with Crippen LogP contribution in [-0.4, -0.2) is 24.4 Å². The Morgan fingerprint density at radius 1 is 1.37 bits per heavy atom. The van der Waals surface area contributed by atoms with Crippen molar-refractivity contribution in [1.29, 1.82) is 0 Å². The summed E-state index contributed by atoms with van der Waals surface area (Å²) >= 11 is 6.02. The Morgan fingerprint density at radius 3 is 2.81 bits per heavy atom. The third-order valence-electron chi connectivity index (χ3n) is 3.97. The van der Waals surface area contributed by atoms with Crippen LogP contribution in [0.1, 0.15) is 24.0 Å². The van der Waals surface area contributed by atoms with Gasteiger partial charge in [0.15, 0.2) is 0 Å². The van der Waals surface area contributed by atoms with Gasteiger partial charge < -0.3 is 5.32 Å². The van der Waals surface area contributed by atoms with Crippen molar-refractivity contribution in [1.82, 2.24) is 19.5 Å². The van der Waals surface area contributed by atoms with Crippen molar-refractivity contribution < 1.29 is 9.31 Å². The van der Waals surface area contributed by atoms with E-state index in [4.69, 9.17) is 11.6 Å². The highest BCUT2D eigenvalue weighted by Gasteiger charge is 2.25. The molecule has 1 N–H and O–H groups in total. The van der Waals surface area contributed by atoms with Crippen LogP contribution in [0.15, 0.2) is 30.6 Å². The van der Waals surface area contributed by atoms with Gasteiger partial charge in [-0.15, -0.1) is 0 Å². The summed E-state index contributed by atoms with van der Waals surface area (Å²) < 4.78 is 15.5. The van der Waals surface area contributed by atoms with E-state index in [1.54, 1.807) is 23.0 Å². The van der Waals surface area contributed by atoms with Gasteiger partial charge in [-0.1, -0.05) is 24.6 Å². The first-order valence-corrected chi connectivity index (χ1v) is 8.52. The van der Waals surface area contributed by atoms with Crippen LogP contribution in [0.5, 0.6) is 0 Å². The Labute approximate surface area is 159 Å². The fourth-order valence-electron chi connectivity index (χ4n) is 2.67. The molecule has 0 amide bonds. The molecule has 0 unspecified atom stereocenters. The van der Waals surface area contributed by atoms with Gasteiger partial charge in [-0.2, -0.15) is 4.98 Å². The van der Waals surface area contributed by atoms with Crippen molar-refractivity contribution in [2.75, 3.05) is 5.32 Å². The maximum Gasteiger partial charge on any atom is 0.333 e. The molecule has 0 saturated heterocycles. The first-order valence-electron chi connectivity index (χ1n) is 8.14. The average Bonchev–Trinajstić information content (AvgIpc) is 3.09. The molecule has 2 aromatic heterocycles. The molecule has 0 radical (unpaired) electrons. The Morgan fingerprint density at radius 2 is 2.15 bits per heavy atom. The predicted molar refractivity (Wildman–Crippen MR) is 98.7 cm³/mol. The number of nitrogens with zero attached hydrogens (tertiary/aromatic N) is 5. The van der Waals surface area contributed by atoms with Crippen molar-refractivity contribution in [2.45, 2.75) is 26.8 Å². The summed E-state index contributed by atoms with van der Waals surface area (Å²) in [4.78, 5) is 23.6. The summed E-state index contributed by atoms with van der Waals surface area (Å²) in [6.07, 6.45) is 3.72. The Hall–Kier alpha value is -3.07. The van der Waals surface area contributed by atoms with E-state index < -0.39 is 10.7 Å². The van der Waals surface area contributed by atoms with Crippen molar-refractivity contribution in [3.8, 4) is 5.82 Å². The molecule has 27 heavy (non-hydrogen) atoms. The van der Waals surface area contributed by atoms with Crippen LogP contribution in [0.25, 0.3) is 5.82 Å². The van der Waals surface area contributed by atoms with Gasteiger partial charge in [0, 0.05) is 35.9 Å². The van der Waals surface area contributed by atoms with Gasteiger partial charge in [-0.3, -0.25) is 14.7 Å². The molecule has 0 aliphatic carbocycles. The van der Waals surface area contributed by atoms with E-state index in [2.05, 4.69) is 20.3 Å². The van der Waals surface area contributed by atoms with E-state index >= 15 is 0 Å². The second-order valence-corrected chi connectivity index (χ2v) is 6.09. The molecule has 0 aliphatic rings. The van der Waals surface area contributed by atoms with E-state index in [-0.39, 0.29) is 40.3 Å². The topological polar surface area (TPSA) is 98.8 Å². The van der Waals surface area contributed by atoms with Crippen molar-refractivity contribution >= 4 is 23.2 Å². The monoisotopic (exact) mass is 390 g/mol. The number of hydrogen-bond donors (Lipinski definition) is 1. The van der Waals surface area contributed by atoms with Crippen LogP contribution in [0.2, 0.25) is 5.02 Å². The number of nitrogens with one attached hydrogen (secondary N) is 1. The van der Waals surface area contributed by atoms with E-state index in [9.17, 15) is 14.5 Å². The van der Waals surface area contributed by atoms with E-state index in [0.29, 0.717) is 12.2 Å². The second-order valence-electron chi connectivity index (χ2n) is 5.68. The van der Waals surface area contributed by atoms with Gasteiger partial charge >= 0.3 is 5.69 Å². The molecule has 0 saturated carbocycles. The lowest BCUT2D eigenvalue weighted by Crippen LogP contribution is -2.13. The van der Waals surface area contributed by atoms with Crippen LogP contribution in [0.3, 0.4) is 0 Å². The fraction of sp³-hybridized carbons (Fsp3) is 0.235. The molecule has 0 spiro atoms. The summed E-state index contributed by atoms with van der Waals surface area (Å²) in [7, 11) is 0. The lowest BCUT2D eigenvalue weighted by atomic mass is 10.2. The molecule has 1 aromatic carbocycles. The predicted octanol–water partition coefficient (Wildman–Crippen LogP) is 3.85. The third kappa shape index (κ3) is 3.72. The lowest BCUT2D eigenvalue weighted by molar-refractivity contribution is -0.385. The lowest BCUT2D eigenvalue weighted by Gasteiger charge is -2.12. The van der Waals surface area contributed by atoms with Gasteiger partial charge in [0.25, 0.3) is 0 Å². The number of anilines is 1. The SMILES string of the molecule is CCc1nccn1-c1nc(NCc2c(F)cccc2Cl)nc(C)c1[N+](=O)[O-]. The zero-order valence-corrected chi connectivity index (χ0v) is 15.4. The average molecular weight is 391 g/mol. The molecule has 0 bridgehead atoms. The van der Waals surface area contributed by atoms with Crippen molar-refractivity contribution in [2.24, 2.45) is 0 Å². The summed E-state index contributed by atoms with van der Waals surface area (Å²) in [5.74, 6) is 0.392. The number of benzene rings is 1. The number of rotatable bonds is 6. The Bertz CT molecular complexity index is 987. The zero-order valence-electron chi connectivity index (χ0n) is 14.6. The van der Waals surface area contributed by atoms with Gasteiger partial charge in [0.05, 0.1) is 4.92 Å². The van der Waals surface area contributed by atoms with Crippen LogP contribution in [0.4, 0.5) is 16.0 Å². The molecule has 10 heteroatoms. The van der Waals surface area contributed by atoms with E-state index in [1.165, 1.54) is 19.1 Å². The normalized spacial score (nSPS) is 10.8. The highest BCUT2D eigenvalue weighted by atomic mass is 35.5. The highest BCUT2D eigenvalue weighted by molar-refractivity contribution is 6.31. The summed E-state index contributed by atoms with van der Waals surface area (Å²) in [6, 6.07) is 4.39. The molecule has 0 fully saturated rings. The van der Waals surface area contributed by atoms with Crippen LogP contribution in [0, 0.1) is 22.9 Å². The molecule has 0 aliphatic heterocycles. The molecule has 0 atom stereocenters. The number of aromatic nitrogens is 4. The third-order valence-corrected chi connectivity index (χ3v) is 4.32. The molecular weight excluding hydrogens is 375 g/mol. The molecule has 140 valence electrons. The first-order chi connectivity index (χ1) is 12.9. The van der Waals surface area contributed by atoms with Crippen molar-refractivity contribution in [3.63, 3.8) is 0 Å². The Kier molecular flexibility index (Phi) is 5.31. The molecule has 3 aromatic rings. The summed E-state index contributed by atoms with van der Waals surface area (Å²) in [5.41, 5.74) is 0.234.